The highest BCUT2D eigenvalue weighted by Gasteiger charge is 2.64. The summed E-state index contributed by atoms with van der Waals surface area (Å²) < 4.78 is 11.4. The molecule has 4 nitrogen and oxygen atoms in total. The fourth-order valence-electron chi connectivity index (χ4n) is 8.43. The minimum absolute atomic E-state index is 0.133. The van der Waals surface area contributed by atoms with Gasteiger partial charge in [0.05, 0.1) is 6.10 Å². The lowest BCUT2D eigenvalue weighted by molar-refractivity contribution is -0.0966. The first kappa shape index (κ1) is 23.4. The van der Waals surface area contributed by atoms with Gasteiger partial charge in [-0.15, -0.1) is 0 Å². The van der Waals surface area contributed by atoms with Crippen molar-refractivity contribution < 1.29 is 19.7 Å². The van der Waals surface area contributed by atoms with E-state index in [1.165, 1.54) is 11.1 Å². The van der Waals surface area contributed by atoms with Crippen molar-refractivity contribution in [3.05, 3.63) is 35.4 Å². The molecule has 5 aliphatic rings. The molecule has 1 aromatic rings. The van der Waals surface area contributed by atoms with E-state index >= 15 is 0 Å². The van der Waals surface area contributed by atoms with Gasteiger partial charge in [0.25, 0.3) is 0 Å². The molecule has 35 heavy (non-hydrogen) atoms. The predicted molar refractivity (Wildman–Crippen MR) is 136 cm³/mol. The molecule has 3 fully saturated rings. The maximum atomic E-state index is 12.1. The van der Waals surface area contributed by atoms with Gasteiger partial charge in [0.15, 0.2) is 11.5 Å². The number of aliphatic hydroxyl groups excluding tert-OH is 1. The van der Waals surface area contributed by atoms with E-state index in [4.69, 9.17) is 9.47 Å². The van der Waals surface area contributed by atoms with Gasteiger partial charge in [-0.2, -0.15) is 0 Å². The van der Waals surface area contributed by atoms with Crippen molar-refractivity contribution in [2.24, 2.45) is 34.5 Å². The highest BCUT2D eigenvalue weighted by molar-refractivity contribution is 5.46. The summed E-state index contributed by atoms with van der Waals surface area (Å²) in [6, 6.07) is 6.48. The van der Waals surface area contributed by atoms with Gasteiger partial charge in [-0.05, 0) is 113 Å². The number of fused-ring (bicyclic) bond motifs is 6. The molecule has 0 bridgehead atoms. The first-order valence-corrected chi connectivity index (χ1v) is 13.6. The fraction of sp³-hybridized carbons (Fsp3) is 0.677. The summed E-state index contributed by atoms with van der Waals surface area (Å²) in [5.41, 5.74) is 1.44. The molecule has 188 valence electrons. The highest BCUT2D eigenvalue weighted by atomic mass is 16.7. The van der Waals surface area contributed by atoms with Gasteiger partial charge in [-0.1, -0.05) is 36.5 Å². The van der Waals surface area contributed by atoms with Crippen molar-refractivity contribution in [2.75, 3.05) is 6.79 Å². The number of allylic oxidation sites excluding steroid dienone is 1. The van der Waals surface area contributed by atoms with Crippen molar-refractivity contribution in [3.63, 3.8) is 0 Å². The van der Waals surface area contributed by atoms with E-state index in [0.29, 0.717) is 29.6 Å². The van der Waals surface area contributed by atoms with Crippen molar-refractivity contribution in [1.29, 1.82) is 0 Å². The molecular formula is C31H40O4. The van der Waals surface area contributed by atoms with Crippen LogP contribution in [0.4, 0.5) is 0 Å². The van der Waals surface area contributed by atoms with E-state index in [9.17, 15) is 10.2 Å². The standard InChI is InChI=1S/C31H40O4/c1-29(2,3)13-14-31(33)12-11-25-23-8-5-19-15-21(32)7-9-22(19)28(23)24(17-30(25,31)4)20-6-10-26-27(16-20)35-18-34-26/h6,10,15-16,21-25,28,32-33H,5,7-9,11-12,17-18H2,1-4H3/t21?,22-,23-,24+,25-,28+,30-,31+/m0/s1. The average molecular weight is 477 g/mol. The third-order valence-electron chi connectivity index (χ3n) is 10.1. The van der Waals surface area contributed by atoms with Crippen LogP contribution in [0, 0.1) is 46.3 Å². The van der Waals surface area contributed by atoms with Crippen molar-refractivity contribution in [1.82, 2.24) is 0 Å². The smallest absolute Gasteiger partial charge is 0.231 e. The van der Waals surface area contributed by atoms with Gasteiger partial charge in [-0.25, -0.2) is 0 Å². The van der Waals surface area contributed by atoms with Crippen molar-refractivity contribution in [2.45, 2.75) is 90.3 Å². The highest BCUT2D eigenvalue weighted by Crippen LogP contribution is 2.68. The number of hydrogen-bond acceptors (Lipinski definition) is 4. The topological polar surface area (TPSA) is 58.9 Å². The van der Waals surface area contributed by atoms with Crippen LogP contribution in [0.5, 0.6) is 11.5 Å². The van der Waals surface area contributed by atoms with Gasteiger partial charge < -0.3 is 19.7 Å². The second-order valence-electron chi connectivity index (χ2n) is 13.1. The van der Waals surface area contributed by atoms with Gasteiger partial charge in [0.2, 0.25) is 6.79 Å². The van der Waals surface area contributed by atoms with Crippen LogP contribution in [0.25, 0.3) is 0 Å². The van der Waals surface area contributed by atoms with Crippen LogP contribution in [0.2, 0.25) is 0 Å². The Morgan fingerprint density at radius 2 is 1.83 bits per heavy atom. The number of aliphatic hydroxyl groups is 2. The average Bonchev–Trinajstić information content (AvgIpc) is 3.38. The van der Waals surface area contributed by atoms with Crippen LogP contribution >= 0.6 is 0 Å². The lowest BCUT2D eigenvalue weighted by atomic mass is 9.46. The van der Waals surface area contributed by atoms with Crippen LogP contribution in [0.1, 0.15) is 84.1 Å². The lowest BCUT2D eigenvalue weighted by Gasteiger charge is -2.58. The quantitative estimate of drug-likeness (QED) is 0.396. The largest absolute Gasteiger partial charge is 0.454 e. The van der Waals surface area contributed by atoms with Crippen molar-refractivity contribution >= 4 is 0 Å². The van der Waals surface area contributed by atoms with E-state index in [-0.39, 0.29) is 23.7 Å². The monoisotopic (exact) mass is 476 g/mol. The molecular weight excluding hydrogens is 436 g/mol. The van der Waals surface area contributed by atoms with Crippen LogP contribution in [-0.4, -0.2) is 28.7 Å². The molecule has 0 radical (unpaired) electrons. The van der Waals surface area contributed by atoms with E-state index < -0.39 is 5.60 Å². The Labute approximate surface area is 210 Å². The molecule has 2 N–H and O–H groups in total. The number of ether oxygens (including phenoxy) is 2. The zero-order valence-corrected chi connectivity index (χ0v) is 21.6. The Kier molecular flexibility index (Phi) is 5.37. The first-order chi connectivity index (χ1) is 16.6. The molecule has 0 amide bonds. The predicted octanol–water partition coefficient (Wildman–Crippen LogP) is 5.82. The molecule has 0 saturated heterocycles. The molecule has 1 heterocycles. The third-order valence-corrected chi connectivity index (χ3v) is 10.1. The lowest BCUT2D eigenvalue weighted by Crippen LogP contribution is -2.54. The van der Waals surface area contributed by atoms with Crippen LogP contribution in [0.15, 0.2) is 29.8 Å². The maximum absolute atomic E-state index is 12.1. The van der Waals surface area contributed by atoms with Gasteiger partial charge in [0.1, 0.15) is 5.60 Å². The van der Waals surface area contributed by atoms with Crippen LogP contribution in [0.3, 0.4) is 0 Å². The summed E-state index contributed by atoms with van der Waals surface area (Å²) in [5, 5.41) is 22.5. The number of benzene rings is 1. The summed E-state index contributed by atoms with van der Waals surface area (Å²) >= 11 is 0. The second-order valence-corrected chi connectivity index (χ2v) is 13.1. The van der Waals surface area contributed by atoms with Crippen molar-refractivity contribution in [3.8, 4) is 23.3 Å². The summed E-state index contributed by atoms with van der Waals surface area (Å²) in [4.78, 5) is 0. The molecule has 1 aromatic carbocycles. The fourth-order valence-corrected chi connectivity index (χ4v) is 8.43. The maximum Gasteiger partial charge on any atom is 0.231 e. The second kappa shape index (κ2) is 8.02. The van der Waals surface area contributed by atoms with Crippen LogP contribution < -0.4 is 9.47 Å². The molecule has 0 aromatic heterocycles. The Morgan fingerprint density at radius 1 is 1.03 bits per heavy atom. The molecule has 3 saturated carbocycles. The Morgan fingerprint density at radius 3 is 2.63 bits per heavy atom. The summed E-state index contributed by atoms with van der Waals surface area (Å²) in [6.07, 6.45) is 8.75. The summed E-state index contributed by atoms with van der Waals surface area (Å²) in [6.45, 7) is 8.98. The van der Waals surface area contributed by atoms with E-state index in [0.717, 1.165) is 56.4 Å². The molecule has 1 aliphatic heterocycles. The zero-order chi connectivity index (χ0) is 24.6. The molecule has 4 aliphatic carbocycles. The van der Waals surface area contributed by atoms with E-state index in [1.807, 2.05) is 0 Å². The zero-order valence-electron chi connectivity index (χ0n) is 21.6. The molecule has 8 atom stereocenters. The van der Waals surface area contributed by atoms with E-state index in [1.54, 1.807) is 0 Å². The molecule has 1 unspecified atom stereocenters. The molecule has 0 spiro atoms. The number of rotatable bonds is 1. The summed E-state index contributed by atoms with van der Waals surface area (Å²) in [5.74, 6) is 10.9. The Balaban J connectivity index is 1.45. The molecule has 4 heteroatoms. The Bertz CT molecular complexity index is 1100. The Hall–Kier alpha value is -1.96. The minimum Gasteiger partial charge on any atom is -0.454 e. The van der Waals surface area contributed by atoms with Gasteiger partial charge in [0, 0.05) is 10.8 Å². The first-order valence-electron chi connectivity index (χ1n) is 13.6. The SMILES string of the molecule is CC(C)(C)C#C[C@]1(O)CC[C@H]2[C@@H]3CCC4=CC(O)CC[C@@H]4[C@H]3[C@@H](c3ccc4c(c3)OCO4)C[C@@]21C. The third kappa shape index (κ3) is 3.73. The summed E-state index contributed by atoms with van der Waals surface area (Å²) in [7, 11) is 0. The van der Waals surface area contributed by atoms with Gasteiger partial charge >= 0.3 is 0 Å². The van der Waals surface area contributed by atoms with Gasteiger partial charge in [-0.3, -0.25) is 0 Å². The van der Waals surface area contributed by atoms with Crippen LogP contribution in [-0.2, 0) is 0 Å². The minimum atomic E-state index is -0.955. The number of hydrogen-bond donors (Lipinski definition) is 2. The normalized spacial score (nSPS) is 41.7. The van der Waals surface area contributed by atoms with E-state index in [2.05, 4.69) is 63.8 Å². The molecule has 6 rings (SSSR count).